The number of halogens is 1. The van der Waals surface area contributed by atoms with Gasteiger partial charge in [-0.15, -0.1) is 11.3 Å². The van der Waals surface area contributed by atoms with Crippen LogP contribution in [0, 0.1) is 0 Å². The minimum absolute atomic E-state index is 0.322. The first-order chi connectivity index (χ1) is 11.3. The Kier molecular flexibility index (Phi) is 4.21. The van der Waals surface area contributed by atoms with Gasteiger partial charge in [-0.05, 0) is 40.6 Å². The van der Waals surface area contributed by atoms with Gasteiger partial charge in [0.05, 0.1) is 6.04 Å². The minimum atomic E-state index is 0.322. The Labute approximate surface area is 146 Å². The quantitative estimate of drug-likeness (QED) is 0.604. The van der Waals surface area contributed by atoms with Crippen LogP contribution in [0.15, 0.2) is 66.0 Å². The van der Waals surface area contributed by atoms with Crippen molar-refractivity contribution in [2.24, 2.45) is 0 Å². The number of fused-ring (bicyclic) bond motifs is 1. The van der Waals surface area contributed by atoms with Crippen LogP contribution in [0.3, 0.4) is 0 Å². The standard InChI is InChI=1S/C20H18ClNS/c21-18-9-5-4-8-16(18)14-22-12-10-19-17(11-13-23-19)20(22)15-6-2-1-3-7-15/h1-9,11,13,20H,10,12,14H2. The zero-order valence-electron chi connectivity index (χ0n) is 12.8. The summed E-state index contributed by atoms with van der Waals surface area (Å²) in [6.07, 6.45) is 1.13. The van der Waals surface area contributed by atoms with Crippen molar-refractivity contribution in [2.75, 3.05) is 6.54 Å². The molecule has 0 saturated heterocycles. The number of rotatable bonds is 3. The molecule has 1 nitrogen and oxygen atoms in total. The third-order valence-electron chi connectivity index (χ3n) is 4.51. The van der Waals surface area contributed by atoms with Crippen LogP contribution in [0.5, 0.6) is 0 Å². The second kappa shape index (κ2) is 6.48. The van der Waals surface area contributed by atoms with E-state index in [0.717, 1.165) is 24.5 Å². The Morgan fingerprint density at radius 2 is 1.78 bits per heavy atom. The fourth-order valence-electron chi connectivity index (χ4n) is 3.41. The van der Waals surface area contributed by atoms with E-state index in [2.05, 4.69) is 58.8 Å². The topological polar surface area (TPSA) is 3.24 Å². The number of hydrogen-bond acceptors (Lipinski definition) is 2. The zero-order valence-corrected chi connectivity index (χ0v) is 14.4. The Bertz CT molecular complexity index is 796. The second-order valence-corrected chi connectivity index (χ2v) is 7.33. The predicted molar refractivity (Wildman–Crippen MR) is 98.2 cm³/mol. The van der Waals surface area contributed by atoms with E-state index in [1.165, 1.54) is 21.6 Å². The molecule has 2 heterocycles. The average Bonchev–Trinajstić information content (AvgIpc) is 3.06. The summed E-state index contributed by atoms with van der Waals surface area (Å²) in [7, 11) is 0. The van der Waals surface area contributed by atoms with Crippen molar-refractivity contribution in [3.8, 4) is 0 Å². The summed E-state index contributed by atoms with van der Waals surface area (Å²) in [6.45, 7) is 1.95. The van der Waals surface area contributed by atoms with Gasteiger partial charge in [0.2, 0.25) is 0 Å². The maximum Gasteiger partial charge on any atom is 0.0615 e. The van der Waals surface area contributed by atoms with Gasteiger partial charge in [0.25, 0.3) is 0 Å². The van der Waals surface area contributed by atoms with Gasteiger partial charge in [-0.25, -0.2) is 0 Å². The first-order valence-electron chi connectivity index (χ1n) is 7.91. The molecular formula is C20H18ClNS. The van der Waals surface area contributed by atoms with Crippen LogP contribution in [0.25, 0.3) is 0 Å². The largest absolute Gasteiger partial charge is 0.288 e. The average molecular weight is 340 g/mol. The number of benzene rings is 2. The van der Waals surface area contributed by atoms with Gasteiger partial charge in [-0.1, -0.05) is 60.1 Å². The van der Waals surface area contributed by atoms with Gasteiger partial charge < -0.3 is 0 Å². The number of thiophene rings is 1. The highest BCUT2D eigenvalue weighted by atomic mass is 35.5. The van der Waals surface area contributed by atoms with Crippen LogP contribution >= 0.6 is 22.9 Å². The summed E-state index contributed by atoms with van der Waals surface area (Å²) >= 11 is 8.27. The zero-order chi connectivity index (χ0) is 15.6. The molecule has 0 fully saturated rings. The van der Waals surface area contributed by atoms with E-state index in [-0.39, 0.29) is 0 Å². The third-order valence-corrected chi connectivity index (χ3v) is 5.88. The molecule has 1 aliphatic rings. The van der Waals surface area contributed by atoms with Crippen LogP contribution in [-0.4, -0.2) is 11.4 Å². The Morgan fingerprint density at radius 1 is 1.00 bits per heavy atom. The van der Waals surface area contributed by atoms with Crippen molar-refractivity contribution in [1.82, 2.24) is 4.90 Å². The molecule has 0 bridgehead atoms. The van der Waals surface area contributed by atoms with E-state index in [1.54, 1.807) is 0 Å². The van der Waals surface area contributed by atoms with Crippen molar-refractivity contribution in [1.29, 1.82) is 0 Å². The molecule has 3 aromatic rings. The maximum absolute atomic E-state index is 6.39. The highest BCUT2D eigenvalue weighted by Crippen LogP contribution is 2.38. The van der Waals surface area contributed by atoms with E-state index < -0.39 is 0 Å². The normalized spacial score (nSPS) is 17.9. The van der Waals surface area contributed by atoms with E-state index in [1.807, 2.05) is 23.5 Å². The molecule has 0 amide bonds. The summed E-state index contributed by atoms with van der Waals surface area (Å²) < 4.78 is 0. The molecule has 1 unspecified atom stereocenters. The van der Waals surface area contributed by atoms with Crippen molar-refractivity contribution >= 4 is 22.9 Å². The van der Waals surface area contributed by atoms with E-state index in [9.17, 15) is 0 Å². The first kappa shape index (κ1) is 14.9. The predicted octanol–water partition coefficient (Wildman–Crippen LogP) is 5.55. The van der Waals surface area contributed by atoms with E-state index >= 15 is 0 Å². The second-order valence-electron chi connectivity index (χ2n) is 5.92. The summed E-state index contributed by atoms with van der Waals surface area (Å²) in [6, 6.07) is 21.6. The van der Waals surface area contributed by atoms with Crippen molar-refractivity contribution < 1.29 is 0 Å². The van der Waals surface area contributed by atoms with Gasteiger partial charge >= 0.3 is 0 Å². The molecule has 116 valence electrons. The van der Waals surface area contributed by atoms with Crippen molar-refractivity contribution in [3.05, 3.63) is 92.6 Å². The summed E-state index contributed by atoms with van der Waals surface area (Å²) in [4.78, 5) is 4.07. The molecule has 3 heteroatoms. The van der Waals surface area contributed by atoms with Crippen LogP contribution in [0.4, 0.5) is 0 Å². The van der Waals surface area contributed by atoms with Crippen LogP contribution in [0.1, 0.15) is 27.6 Å². The molecule has 1 atom stereocenters. The van der Waals surface area contributed by atoms with Gasteiger partial charge in [0.1, 0.15) is 0 Å². The molecule has 1 aliphatic heterocycles. The number of hydrogen-bond donors (Lipinski definition) is 0. The van der Waals surface area contributed by atoms with Gasteiger partial charge in [-0.3, -0.25) is 4.90 Å². The van der Waals surface area contributed by atoms with Crippen LogP contribution in [-0.2, 0) is 13.0 Å². The Balaban J connectivity index is 1.72. The molecule has 4 rings (SSSR count). The molecule has 0 saturated carbocycles. The monoisotopic (exact) mass is 339 g/mol. The minimum Gasteiger partial charge on any atom is -0.288 e. The molecular weight excluding hydrogens is 322 g/mol. The Morgan fingerprint density at radius 3 is 2.61 bits per heavy atom. The number of nitrogens with zero attached hydrogens (tertiary/aromatic N) is 1. The summed E-state index contributed by atoms with van der Waals surface area (Å²) in [5.74, 6) is 0. The Hall–Kier alpha value is -1.61. The van der Waals surface area contributed by atoms with Gasteiger partial charge in [0, 0.05) is 23.0 Å². The molecule has 0 radical (unpaired) electrons. The van der Waals surface area contributed by atoms with E-state index in [4.69, 9.17) is 11.6 Å². The van der Waals surface area contributed by atoms with Gasteiger partial charge in [0.15, 0.2) is 0 Å². The van der Waals surface area contributed by atoms with Crippen molar-refractivity contribution in [2.45, 2.75) is 19.0 Å². The summed E-state index contributed by atoms with van der Waals surface area (Å²) in [5, 5.41) is 3.08. The molecule has 0 N–H and O–H groups in total. The fourth-order valence-corrected chi connectivity index (χ4v) is 4.51. The molecule has 23 heavy (non-hydrogen) atoms. The van der Waals surface area contributed by atoms with Crippen molar-refractivity contribution in [3.63, 3.8) is 0 Å². The molecule has 2 aromatic carbocycles. The maximum atomic E-state index is 6.39. The highest BCUT2D eigenvalue weighted by molar-refractivity contribution is 7.10. The highest BCUT2D eigenvalue weighted by Gasteiger charge is 2.29. The first-order valence-corrected chi connectivity index (χ1v) is 9.17. The fraction of sp³-hybridized carbons (Fsp3) is 0.200. The summed E-state index contributed by atoms with van der Waals surface area (Å²) in [5.41, 5.74) is 4.02. The van der Waals surface area contributed by atoms with Crippen LogP contribution < -0.4 is 0 Å². The lowest BCUT2D eigenvalue weighted by Crippen LogP contribution is -2.35. The lowest BCUT2D eigenvalue weighted by molar-refractivity contribution is 0.206. The van der Waals surface area contributed by atoms with E-state index in [0.29, 0.717) is 6.04 Å². The molecule has 0 spiro atoms. The third kappa shape index (κ3) is 2.94. The molecule has 0 aliphatic carbocycles. The smallest absolute Gasteiger partial charge is 0.0615 e. The van der Waals surface area contributed by atoms with Crippen LogP contribution in [0.2, 0.25) is 5.02 Å². The SMILES string of the molecule is Clc1ccccc1CN1CCc2sccc2C1c1ccccc1. The molecule has 1 aromatic heterocycles. The van der Waals surface area contributed by atoms with Gasteiger partial charge in [-0.2, -0.15) is 0 Å². The lowest BCUT2D eigenvalue weighted by Gasteiger charge is -2.36. The lowest BCUT2D eigenvalue weighted by atomic mass is 9.93.